The first-order chi connectivity index (χ1) is 14.0. The van der Waals surface area contributed by atoms with Gasteiger partial charge in [-0.05, 0) is 60.9 Å². The molecular weight excluding hydrogens is 388 g/mol. The van der Waals surface area contributed by atoms with E-state index in [9.17, 15) is 13.2 Å². The Morgan fingerprint density at radius 1 is 1.03 bits per heavy atom. The second kappa shape index (κ2) is 9.50. The molecular formula is C22H22N2O4S. The van der Waals surface area contributed by atoms with Gasteiger partial charge in [0.25, 0.3) is 0 Å². The van der Waals surface area contributed by atoms with E-state index in [1.54, 1.807) is 42.5 Å². The first kappa shape index (κ1) is 20.8. The van der Waals surface area contributed by atoms with Crippen molar-refractivity contribution in [1.29, 1.82) is 5.26 Å². The van der Waals surface area contributed by atoms with Crippen LogP contribution < -0.4 is 4.74 Å². The molecule has 0 atom stereocenters. The maximum absolute atomic E-state index is 12.7. The monoisotopic (exact) mass is 410 g/mol. The summed E-state index contributed by atoms with van der Waals surface area (Å²) >= 11 is 0. The summed E-state index contributed by atoms with van der Waals surface area (Å²) in [6, 6.07) is 15.0. The predicted octanol–water partition coefficient (Wildman–Crippen LogP) is 3.66. The van der Waals surface area contributed by atoms with Crippen molar-refractivity contribution in [2.45, 2.75) is 24.2 Å². The number of nitriles is 1. The van der Waals surface area contributed by atoms with Crippen LogP contribution in [0, 0.1) is 11.3 Å². The van der Waals surface area contributed by atoms with Gasteiger partial charge in [0.15, 0.2) is 12.4 Å². The van der Waals surface area contributed by atoms with Gasteiger partial charge in [-0.1, -0.05) is 24.6 Å². The minimum absolute atomic E-state index is 0.0167. The molecule has 29 heavy (non-hydrogen) atoms. The van der Waals surface area contributed by atoms with Crippen molar-refractivity contribution in [2.75, 3.05) is 19.7 Å². The maximum Gasteiger partial charge on any atom is 0.243 e. The summed E-state index contributed by atoms with van der Waals surface area (Å²) in [5, 5.41) is 8.50. The first-order valence-electron chi connectivity index (χ1n) is 9.43. The van der Waals surface area contributed by atoms with Crippen LogP contribution in [0.4, 0.5) is 0 Å². The zero-order valence-corrected chi connectivity index (χ0v) is 16.8. The zero-order chi connectivity index (χ0) is 20.7. The Morgan fingerprint density at radius 2 is 1.69 bits per heavy atom. The van der Waals surface area contributed by atoms with Gasteiger partial charge in [0.05, 0.1) is 4.90 Å². The lowest BCUT2D eigenvalue weighted by Crippen LogP contribution is -2.35. The van der Waals surface area contributed by atoms with E-state index in [-0.39, 0.29) is 17.3 Å². The van der Waals surface area contributed by atoms with Crippen LogP contribution in [0.5, 0.6) is 5.75 Å². The molecule has 150 valence electrons. The van der Waals surface area contributed by atoms with Crippen molar-refractivity contribution in [3.63, 3.8) is 0 Å². The van der Waals surface area contributed by atoms with Gasteiger partial charge in [0.2, 0.25) is 10.0 Å². The molecule has 0 saturated carbocycles. The van der Waals surface area contributed by atoms with Crippen molar-refractivity contribution in [3.05, 3.63) is 65.7 Å². The molecule has 0 aromatic heterocycles. The van der Waals surface area contributed by atoms with Crippen LogP contribution in [-0.2, 0) is 10.0 Å². The third kappa shape index (κ3) is 5.31. The highest BCUT2D eigenvalue weighted by molar-refractivity contribution is 7.89. The summed E-state index contributed by atoms with van der Waals surface area (Å²) in [6.45, 7) is 1.08. The van der Waals surface area contributed by atoms with Gasteiger partial charge in [-0.3, -0.25) is 4.79 Å². The Kier molecular flexibility index (Phi) is 6.81. The van der Waals surface area contributed by atoms with Crippen LogP contribution in [0.25, 0.3) is 6.08 Å². The number of hydrogen-bond donors (Lipinski definition) is 0. The minimum atomic E-state index is -3.50. The van der Waals surface area contributed by atoms with Crippen LogP contribution in [-0.4, -0.2) is 38.2 Å². The summed E-state index contributed by atoms with van der Waals surface area (Å²) in [7, 11) is -3.50. The number of rotatable bonds is 7. The Bertz CT molecular complexity index is 1010. The minimum Gasteiger partial charge on any atom is -0.479 e. The van der Waals surface area contributed by atoms with Crippen molar-refractivity contribution in [2.24, 2.45) is 0 Å². The topological polar surface area (TPSA) is 87.5 Å². The van der Waals surface area contributed by atoms with Gasteiger partial charge in [-0.25, -0.2) is 8.42 Å². The number of allylic oxidation sites excluding steroid dienone is 1. The molecule has 0 bridgehead atoms. The standard InChI is InChI=1S/C22H22N2O4S/c23-14-17-28-20-9-4-18(5-10-20)6-13-22(25)19-7-11-21(12-8-19)29(26,27)24-15-2-1-3-16-24/h4-13H,1-3,15-17H2/b13-6+. The number of benzene rings is 2. The molecule has 7 heteroatoms. The van der Waals surface area contributed by atoms with Gasteiger partial charge in [0.1, 0.15) is 11.8 Å². The quantitative estimate of drug-likeness (QED) is 0.513. The molecule has 3 rings (SSSR count). The van der Waals surface area contributed by atoms with E-state index in [0.717, 1.165) is 24.8 Å². The Labute approximate surface area is 171 Å². The SMILES string of the molecule is N#CCOc1ccc(/C=C/C(=O)c2ccc(S(=O)(=O)N3CCCCC3)cc2)cc1. The molecule has 0 radical (unpaired) electrons. The Hall–Kier alpha value is -2.95. The van der Waals surface area contributed by atoms with Gasteiger partial charge < -0.3 is 4.74 Å². The maximum atomic E-state index is 12.7. The number of carbonyl (C=O) groups is 1. The van der Waals surface area contributed by atoms with Crippen LogP contribution in [0.3, 0.4) is 0 Å². The molecule has 2 aromatic carbocycles. The van der Waals surface area contributed by atoms with Crippen LogP contribution in [0.1, 0.15) is 35.2 Å². The zero-order valence-electron chi connectivity index (χ0n) is 16.0. The van der Waals surface area contributed by atoms with Crippen molar-refractivity contribution < 1.29 is 17.9 Å². The fourth-order valence-corrected chi connectivity index (χ4v) is 4.62. The molecule has 1 aliphatic heterocycles. The molecule has 0 N–H and O–H groups in total. The second-order valence-corrected chi connectivity index (χ2v) is 8.64. The van der Waals surface area contributed by atoms with Crippen LogP contribution in [0.2, 0.25) is 0 Å². The highest BCUT2D eigenvalue weighted by Crippen LogP contribution is 2.21. The number of ether oxygens (including phenoxy) is 1. The fraction of sp³-hybridized carbons (Fsp3) is 0.273. The normalized spacial score (nSPS) is 15.1. The fourth-order valence-electron chi connectivity index (χ4n) is 3.10. The molecule has 0 spiro atoms. The van der Waals surface area contributed by atoms with E-state index in [2.05, 4.69) is 0 Å². The summed E-state index contributed by atoms with van der Waals surface area (Å²) in [5.74, 6) is 0.372. The number of hydrogen-bond acceptors (Lipinski definition) is 5. The van der Waals surface area contributed by atoms with Crippen molar-refractivity contribution in [1.82, 2.24) is 4.31 Å². The first-order valence-corrected chi connectivity index (χ1v) is 10.9. The number of piperidine rings is 1. The third-order valence-electron chi connectivity index (χ3n) is 4.70. The number of ketones is 1. The lowest BCUT2D eigenvalue weighted by Gasteiger charge is -2.25. The number of nitrogens with zero attached hydrogens (tertiary/aromatic N) is 2. The number of carbonyl (C=O) groups excluding carboxylic acids is 1. The van der Waals surface area contributed by atoms with Gasteiger partial charge >= 0.3 is 0 Å². The van der Waals surface area contributed by atoms with E-state index in [1.807, 2.05) is 6.07 Å². The third-order valence-corrected chi connectivity index (χ3v) is 6.62. The lowest BCUT2D eigenvalue weighted by atomic mass is 10.1. The molecule has 0 unspecified atom stereocenters. The largest absolute Gasteiger partial charge is 0.479 e. The smallest absolute Gasteiger partial charge is 0.243 e. The average Bonchev–Trinajstić information content (AvgIpc) is 2.77. The lowest BCUT2D eigenvalue weighted by molar-refractivity contribution is 0.104. The molecule has 0 amide bonds. The highest BCUT2D eigenvalue weighted by atomic mass is 32.2. The highest BCUT2D eigenvalue weighted by Gasteiger charge is 2.25. The molecule has 6 nitrogen and oxygen atoms in total. The summed E-state index contributed by atoms with van der Waals surface area (Å²) in [5.41, 5.74) is 1.24. The summed E-state index contributed by atoms with van der Waals surface area (Å²) < 4.78 is 32.0. The van der Waals surface area contributed by atoms with Gasteiger partial charge in [0, 0.05) is 18.7 Å². The summed E-state index contributed by atoms with van der Waals surface area (Å²) in [4.78, 5) is 12.6. The van der Waals surface area contributed by atoms with Crippen LogP contribution in [0.15, 0.2) is 59.5 Å². The summed E-state index contributed by atoms with van der Waals surface area (Å²) in [6.07, 6.45) is 5.94. The van der Waals surface area contributed by atoms with Crippen LogP contribution >= 0.6 is 0 Å². The van der Waals surface area contributed by atoms with E-state index in [4.69, 9.17) is 10.00 Å². The molecule has 1 aliphatic rings. The van der Waals surface area contributed by atoms with E-state index >= 15 is 0 Å². The Balaban J connectivity index is 1.65. The molecule has 1 heterocycles. The van der Waals surface area contributed by atoms with Crippen molar-refractivity contribution >= 4 is 21.9 Å². The molecule has 2 aromatic rings. The average molecular weight is 410 g/mol. The second-order valence-electron chi connectivity index (χ2n) is 6.70. The molecule has 0 aliphatic carbocycles. The van der Waals surface area contributed by atoms with Crippen molar-refractivity contribution in [3.8, 4) is 11.8 Å². The van der Waals surface area contributed by atoms with Gasteiger partial charge in [-0.2, -0.15) is 9.57 Å². The molecule has 1 fully saturated rings. The van der Waals surface area contributed by atoms with E-state index in [0.29, 0.717) is 24.4 Å². The van der Waals surface area contributed by atoms with Gasteiger partial charge in [-0.15, -0.1) is 0 Å². The Morgan fingerprint density at radius 3 is 2.31 bits per heavy atom. The predicted molar refractivity (Wildman–Crippen MR) is 110 cm³/mol. The number of sulfonamides is 1. The van der Waals surface area contributed by atoms with E-state index < -0.39 is 10.0 Å². The molecule has 1 saturated heterocycles. The van der Waals surface area contributed by atoms with E-state index in [1.165, 1.54) is 22.5 Å².